The molecular weight excluding hydrogens is 384 g/mol. The molecule has 0 amide bonds. The first-order valence-corrected chi connectivity index (χ1v) is 7.90. The van der Waals surface area contributed by atoms with Crippen LogP contribution in [0.2, 0.25) is 0 Å². The Hall–Kier alpha value is -0.940. The molecule has 0 radical (unpaired) electrons. The first-order chi connectivity index (χ1) is 9.45. The fourth-order valence-electron chi connectivity index (χ4n) is 2.79. The van der Waals surface area contributed by atoms with E-state index in [2.05, 4.69) is 61.7 Å². The fraction of sp³-hybridized carbons (Fsp3) is 0.333. The lowest BCUT2D eigenvalue weighted by Crippen LogP contribution is -2.27. The van der Waals surface area contributed by atoms with Gasteiger partial charge in [0, 0.05) is 17.3 Å². The van der Waals surface area contributed by atoms with E-state index in [1.807, 2.05) is 6.20 Å². The maximum atomic E-state index is 5.47. The number of benzene rings is 1. The Bertz CT molecular complexity index is 699. The summed E-state index contributed by atoms with van der Waals surface area (Å²) >= 11 is 7.25. The summed E-state index contributed by atoms with van der Waals surface area (Å²) in [6, 6.07) is 2.08. The van der Waals surface area contributed by atoms with Gasteiger partial charge >= 0.3 is 0 Å². The molecule has 0 aliphatic heterocycles. The lowest BCUT2D eigenvalue weighted by molar-refractivity contribution is 0.407. The lowest BCUT2D eigenvalue weighted by atomic mass is 9.72. The molecule has 0 unspecified atom stereocenters. The maximum absolute atomic E-state index is 5.47. The van der Waals surface area contributed by atoms with Crippen LogP contribution in [0.4, 0.5) is 0 Å². The van der Waals surface area contributed by atoms with Gasteiger partial charge in [-0.25, -0.2) is 9.97 Å². The van der Waals surface area contributed by atoms with Crippen LogP contribution in [0.1, 0.15) is 25.0 Å². The average molecular weight is 398 g/mol. The van der Waals surface area contributed by atoms with E-state index in [0.717, 1.165) is 32.4 Å². The zero-order chi connectivity index (χ0) is 14.5. The summed E-state index contributed by atoms with van der Waals surface area (Å²) in [5, 5.41) is 0. The van der Waals surface area contributed by atoms with E-state index in [1.165, 1.54) is 11.1 Å². The Morgan fingerprint density at radius 1 is 1.30 bits per heavy atom. The summed E-state index contributed by atoms with van der Waals surface area (Å²) in [5.41, 5.74) is 4.58. The molecule has 1 aromatic carbocycles. The number of hydrogen-bond donors (Lipinski definition) is 0. The Kier molecular flexibility index (Phi) is 3.37. The van der Waals surface area contributed by atoms with Crippen LogP contribution in [0.5, 0.6) is 5.75 Å². The van der Waals surface area contributed by atoms with E-state index in [9.17, 15) is 0 Å². The van der Waals surface area contributed by atoms with Crippen LogP contribution in [0.15, 0.2) is 27.5 Å². The SMILES string of the molecule is COc1c(Br)cc2c(c1Br)CC(C)(C)c1cncnc1-2. The zero-order valence-corrected chi connectivity index (χ0v) is 14.7. The molecule has 0 saturated carbocycles. The summed E-state index contributed by atoms with van der Waals surface area (Å²) < 4.78 is 7.40. The van der Waals surface area contributed by atoms with Crippen LogP contribution in [0.25, 0.3) is 11.3 Å². The normalized spacial score (nSPS) is 15.4. The monoisotopic (exact) mass is 396 g/mol. The van der Waals surface area contributed by atoms with Crippen LogP contribution in [-0.4, -0.2) is 17.1 Å². The molecule has 3 rings (SSSR count). The molecule has 0 bridgehead atoms. The van der Waals surface area contributed by atoms with Crippen molar-refractivity contribution in [1.82, 2.24) is 9.97 Å². The van der Waals surface area contributed by atoms with Gasteiger partial charge in [-0.15, -0.1) is 0 Å². The van der Waals surface area contributed by atoms with Crippen molar-refractivity contribution in [2.24, 2.45) is 0 Å². The van der Waals surface area contributed by atoms with Gasteiger partial charge in [0.1, 0.15) is 12.1 Å². The average Bonchev–Trinajstić information content (AvgIpc) is 2.41. The summed E-state index contributed by atoms with van der Waals surface area (Å²) in [6.45, 7) is 4.44. The molecule has 1 aliphatic rings. The van der Waals surface area contributed by atoms with E-state index < -0.39 is 0 Å². The molecule has 1 aliphatic carbocycles. The van der Waals surface area contributed by atoms with E-state index in [0.29, 0.717) is 0 Å². The van der Waals surface area contributed by atoms with Gasteiger partial charge in [-0.05, 0) is 55.3 Å². The minimum absolute atomic E-state index is 0.00491. The molecule has 3 nitrogen and oxygen atoms in total. The van der Waals surface area contributed by atoms with Crippen molar-refractivity contribution in [3.05, 3.63) is 38.7 Å². The van der Waals surface area contributed by atoms with Crippen LogP contribution in [-0.2, 0) is 11.8 Å². The van der Waals surface area contributed by atoms with Crippen LogP contribution < -0.4 is 4.74 Å². The Morgan fingerprint density at radius 3 is 2.75 bits per heavy atom. The quantitative estimate of drug-likeness (QED) is 0.709. The highest BCUT2D eigenvalue weighted by atomic mass is 79.9. The third-order valence-corrected chi connectivity index (χ3v) is 5.22. The Morgan fingerprint density at radius 2 is 2.05 bits per heavy atom. The molecular formula is C15H14Br2N2O. The molecule has 0 fully saturated rings. The minimum Gasteiger partial charge on any atom is -0.494 e. The van der Waals surface area contributed by atoms with Crippen molar-refractivity contribution in [3.8, 4) is 17.0 Å². The van der Waals surface area contributed by atoms with Crippen molar-refractivity contribution in [2.45, 2.75) is 25.7 Å². The first kappa shape index (κ1) is 14.0. The molecule has 1 aromatic heterocycles. The fourth-order valence-corrected chi connectivity index (χ4v) is 4.37. The number of ether oxygens (including phenoxy) is 1. The van der Waals surface area contributed by atoms with E-state index >= 15 is 0 Å². The second kappa shape index (κ2) is 4.81. The highest BCUT2D eigenvalue weighted by molar-refractivity contribution is 9.11. The highest BCUT2D eigenvalue weighted by Crippen LogP contribution is 2.48. The number of rotatable bonds is 1. The standard InChI is InChI=1S/C15H14Br2N2O/c1-15(2)5-9-8(13-10(15)6-18-7-19-13)4-11(16)14(20-3)12(9)17/h4,6-7H,5H2,1-3H3. The predicted octanol–water partition coefficient (Wildman–Crippen LogP) is 4.51. The molecule has 2 aromatic rings. The Labute approximate surface area is 135 Å². The van der Waals surface area contributed by atoms with Crippen LogP contribution >= 0.6 is 31.9 Å². The van der Waals surface area contributed by atoms with Gasteiger partial charge in [-0.2, -0.15) is 0 Å². The number of nitrogens with zero attached hydrogens (tertiary/aromatic N) is 2. The third-order valence-electron chi connectivity index (χ3n) is 3.80. The second-order valence-corrected chi connectivity index (χ2v) is 7.22. The van der Waals surface area contributed by atoms with Crippen LogP contribution in [0.3, 0.4) is 0 Å². The van der Waals surface area contributed by atoms with Crippen molar-refractivity contribution in [2.75, 3.05) is 7.11 Å². The van der Waals surface area contributed by atoms with Crippen molar-refractivity contribution >= 4 is 31.9 Å². The minimum atomic E-state index is 0.00491. The van der Waals surface area contributed by atoms with Crippen molar-refractivity contribution in [3.63, 3.8) is 0 Å². The molecule has 0 saturated heterocycles. The van der Waals surface area contributed by atoms with Gasteiger partial charge < -0.3 is 4.74 Å². The van der Waals surface area contributed by atoms with E-state index in [-0.39, 0.29) is 5.41 Å². The number of fused-ring (bicyclic) bond motifs is 3. The van der Waals surface area contributed by atoms with Crippen molar-refractivity contribution in [1.29, 1.82) is 0 Å². The zero-order valence-electron chi connectivity index (χ0n) is 11.5. The van der Waals surface area contributed by atoms with Gasteiger partial charge in [0.05, 0.1) is 21.7 Å². The topological polar surface area (TPSA) is 35.0 Å². The molecule has 104 valence electrons. The number of aromatic nitrogens is 2. The summed E-state index contributed by atoms with van der Waals surface area (Å²) in [5.74, 6) is 0.831. The highest BCUT2D eigenvalue weighted by Gasteiger charge is 2.34. The molecule has 0 atom stereocenters. The van der Waals surface area contributed by atoms with Gasteiger partial charge in [-0.3, -0.25) is 0 Å². The molecule has 0 spiro atoms. The summed E-state index contributed by atoms with van der Waals surface area (Å²) in [6.07, 6.45) is 4.46. The largest absolute Gasteiger partial charge is 0.494 e. The smallest absolute Gasteiger partial charge is 0.147 e. The summed E-state index contributed by atoms with van der Waals surface area (Å²) in [7, 11) is 1.68. The molecule has 1 heterocycles. The second-order valence-electron chi connectivity index (χ2n) is 5.58. The Balaban J connectivity index is 2.36. The molecule has 20 heavy (non-hydrogen) atoms. The predicted molar refractivity (Wildman–Crippen MR) is 86.2 cm³/mol. The van der Waals surface area contributed by atoms with Gasteiger partial charge in [0.25, 0.3) is 0 Å². The lowest BCUT2D eigenvalue weighted by Gasteiger charge is -2.33. The number of hydrogen-bond acceptors (Lipinski definition) is 3. The number of methoxy groups -OCH3 is 1. The number of halogens is 2. The third kappa shape index (κ3) is 1.99. The van der Waals surface area contributed by atoms with Gasteiger partial charge in [0.2, 0.25) is 0 Å². The van der Waals surface area contributed by atoms with Crippen molar-refractivity contribution < 1.29 is 4.74 Å². The van der Waals surface area contributed by atoms with Gasteiger partial charge in [0.15, 0.2) is 0 Å². The first-order valence-electron chi connectivity index (χ1n) is 6.31. The van der Waals surface area contributed by atoms with Gasteiger partial charge in [-0.1, -0.05) is 13.8 Å². The molecule has 5 heteroatoms. The molecule has 0 N–H and O–H groups in total. The van der Waals surface area contributed by atoms with E-state index in [1.54, 1.807) is 13.4 Å². The van der Waals surface area contributed by atoms with Crippen LogP contribution in [0, 0.1) is 0 Å². The van der Waals surface area contributed by atoms with E-state index in [4.69, 9.17) is 4.74 Å². The summed E-state index contributed by atoms with van der Waals surface area (Å²) in [4.78, 5) is 8.69. The maximum Gasteiger partial charge on any atom is 0.147 e.